The average molecular weight is 292 g/mol. The second kappa shape index (κ2) is 4.96. The van der Waals surface area contributed by atoms with Gasteiger partial charge in [0.2, 0.25) is 0 Å². The molecular formula is C15H20N2O4. The minimum absolute atomic E-state index is 0.00465. The molecule has 2 N–H and O–H groups in total. The zero-order valence-corrected chi connectivity index (χ0v) is 12.3. The van der Waals surface area contributed by atoms with Gasteiger partial charge in [0.25, 0.3) is 11.5 Å². The van der Waals surface area contributed by atoms with Gasteiger partial charge < -0.3 is 19.7 Å². The number of nitrogens with zero attached hydrogens (tertiary/aromatic N) is 1. The van der Waals surface area contributed by atoms with Crippen molar-refractivity contribution in [2.24, 2.45) is 11.3 Å². The highest BCUT2D eigenvalue weighted by Crippen LogP contribution is 2.41. The van der Waals surface area contributed by atoms with Gasteiger partial charge in [-0.25, -0.2) is 0 Å². The maximum absolute atomic E-state index is 12.7. The third-order valence-electron chi connectivity index (χ3n) is 4.70. The highest BCUT2D eigenvalue weighted by Gasteiger charge is 2.51. The third kappa shape index (κ3) is 2.18. The molecule has 3 rings (SSSR count). The van der Waals surface area contributed by atoms with Crippen LogP contribution in [0.15, 0.2) is 10.9 Å². The van der Waals surface area contributed by atoms with Crippen molar-refractivity contribution in [2.45, 2.75) is 13.8 Å². The molecule has 0 unspecified atom stereocenters. The Morgan fingerprint density at radius 3 is 2.95 bits per heavy atom. The van der Waals surface area contributed by atoms with E-state index in [0.717, 1.165) is 5.69 Å². The number of likely N-dealkylation sites (tertiary alicyclic amines) is 1. The average Bonchev–Trinajstić information content (AvgIpc) is 2.93. The molecule has 0 bridgehead atoms. The molecule has 6 heteroatoms. The topological polar surface area (TPSA) is 82.6 Å². The summed E-state index contributed by atoms with van der Waals surface area (Å²) in [6, 6.07) is 1.80. The van der Waals surface area contributed by atoms with Gasteiger partial charge in [0.1, 0.15) is 5.56 Å². The van der Waals surface area contributed by atoms with E-state index in [9.17, 15) is 14.7 Å². The summed E-state index contributed by atoms with van der Waals surface area (Å²) in [7, 11) is 0. The van der Waals surface area contributed by atoms with Crippen LogP contribution in [0.5, 0.6) is 0 Å². The summed E-state index contributed by atoms with van der Waals surface area (Å²) in [6.45, 7) is 5.59. The lowest BCUT2D eigenvalue weighted by Crippen LogP contribution is -2.38. The van der Waals surface area contributed by atoms with Crippen LogP contribution >= 0.6 is 0 Å². The molecule has 3 heterocycles. The van der Waals surface area contributed by atoms with Gasteiger partial charge in [-0.3, -0.25) is 9.59 Å². The van der Waals surface area contributed by atoms with Gasteiger partial charge in [-0.2, -0.15) is 0 Å². The fraction of sp³-hybridized carbons (Fsp3) is 0.600. The van der Waals surface area contributed by atoms with Gasteiger partial charge >= 0.3 is 0 Å². The fourth-order valence-electron chi connectivity index (χ4n) is 3.49. The van der Waals surface area contributed by atoms with Crippen LogP contribution in [0.3, 0.4) is 0 Å². The van der Waals surface area contributed by atoms with Crippen molar-refractivity contribution in [3.8, 4) is 0 Å². The van der Waals surface area contributed by atoms with E-state index < -0.39 is 0 Å². The predicted molar refractivity (Wildman–Crippen MR) is 76.3 cm³/mol. The Bertz CT molecular complexity index is 639. The molecule has 0 aliphatic carbocycles. The summed E-state index contributed by atoms with van der Waals surface area (Å²) in [5.74, 6) is -0.104. The van der Waals surface area contributed by atoms with E-state index in [1.54, 1.807) is 24.8 Å². The van der Waals surface area contributed by atoms with E-state index in [1.807, 2.05) is 0 Å². The largest absolute Gasteiger partial charge is 0.396 e. The zero-order valence-electron chi connectivity index (χ0n) is 12.3. The molecule has 1 amide bonds. The summed E-state index contributed by atoms with van der Waals surface area (Å²) in [6.07, 6.45) is 0. The Balaban J connectivity index is 1.90. The first kappa shape index (κ1) is 14.3. The molecule has 0 spiro atoms. The first-order valence-corrected chi connectivity index (χ1v) is 7.15. The van der Waals surface area contributed by atoms with Crippen molar-refractivity contribution < 1.29 is 14.6 Å². The maximum Gasteiger partial charge on any atom is 0.261 e. The minimum Gasteiger partial charge on any atom is -0.396 e. The number of hydrogen-bond acceptors (Lipinski definition) is 4. The van der Waals surface area contributed by atoms with Gasteiger partial charge in [-0.15, -0.1) is 0 Å². The number of rotatable bonds is 2. The number of carbonyl (C=O) groups is 1. The fourth-order valence-corrected chi connectivity index (χ4v) is 3.49. The number of aromatic nitrogens is 1. The third-order valence-corrected chi connectivity index (χ3v) is 4.70. The smallest absolute Gasteiger partial charge is 0.261 e. The Morgan fingerprint density at radius 2 is 2.33 bits per heavy atom. The number of aromatic amines is 1. The Morgan fingerprint density at radius 1 is 1.57 bits per heavy atom. The van der Waals surface area contributed by atoms with Gasteiger partial charge in [0.05, 0.1) is 19.8 Å². The summed E-state index contributed by atoms with van der Waals surface area (Å²) in [4.78, 5) is 29.1. The molecule has 2 aliphatic heterocycles. The molecule has 0 radical (unpaired) electrons. The van der Waals surface area contributed by atoms with Crippen molar-refractivity contribution in [2.75, 3.05) is 32.9 Å². The van der Waals surface area contributed by atoms with Crippen molar-refractivity contribution in [1.82, 2.24) is 9.88 Å². The number of amides is 1. The summed E-state index contributed by atoms with van der Waals surface area (Å²) < 4.78 is 5.44. The van der Waals surface area contributed by atoms with E-state index in [2.05, 4.69) is 4.98 Å². The van der Waals surface area contributed by atoms with E-state index in [-0.39, 0.29) is 35.0 Å². The first-order chi connectivity index (χ1) is 9.97. The van der Waals surface area contributed by atoms with Crippen LogP contribution in [0.2, 0.25) is 0 Å². The van der Waals surface area contributed by atoms with Crippen LogP contribution in [-0.2, 0) is 4.74 Å². The van der Waals surface area contributed by atoms with Crippen LogP contribution < -0.4 is 5.56 Å². The highest BCUT2D eigenvalue weighted by atomic mass is 16.5. The Kier molecular flexibility index (Phi) is 3.37. The lowest BCUT2D eigenvalue weighted by Gasteiger charge is -2.24. The number of pyridine rings is 1. The van der Waals surface area contributed by atoms with Crippen LogP contribution in [0, 0.1) is 25.2 Å². The first-order valence-electron chi connectivity index (χ1n) is 7.15. The number of hydrogen-bond donors (Lipinski definition) is 2. The normalized spacial score (nSPS) is 28.0. The van der Waals surface area contributed by atoms with Crippen molar-refractivity contribution in [3.63, 3.8) is 0 Å². The van der Waals surface area contributed by atoms with Crippen molar-refractivity contribution >= 4 is 5.91 Å². The molecule has 114 valence electrons. The number of aliphatic hydroxyl groups excluding tert-OH is 1. The number of nitrogens with one attached hydrogen (secondary N) is 1. The zero-order chi connectivity index (χ0) is 15.2. The highest BCUT2D eigenvalue weighted by molar-refractivity contribution is 5.95. The maximum atomic E-state index is 12.7. The molecule has 2 fully saturated rings. The number of aryl methyl sites for hydroxylation is 2. The van der Waals surface area contributed by atoms with E-state index in [1.165, 1.54) is 0 Å². The molecule has 0 aromatic carbocycles. The number of fused-ring (bicyclic) bond motifs is 1. The molecule has 0 saturated carbocycles. The predicted octanol–water partition coefficient (Wildman–Crippen LogP) is 0.0726. The molecule has 21 heavy (non-hydrogen) atoms. The summed E-state index contributed by atoms with van der Waals surface area (Å²) in [5.41, 5.74) is 0.930. The standard InChI is InChI=1S/C15H20N2O4/c1-9-3-10(2)16-13(19)12(9)14(20)17-4-11-5-21-8-15(11,6-17)7-18/h3,11,18H,4-8H2,1-2H3,(H,16,19)/t11-,15-/m0/s1. The second-order valence-electron chi connectivity index (χ2n) is 6.26. The monoisotopic (exact) mass is 292 g/mol. The Labute approximate surface area is 122 Å². The van der Waals surface area contributed by atoms with Crippen molar-refractivity contribution in [3.05, 3.63) is 33.2 Å². The molecular weight excluding hydrogens is 272 g/mol. The van der Waals surface area contributed by atoms with Gasteiger partial charge in [-0.1, -0.05) is 0 Å². The van der Waals surface area contributed by atoms with Gasteiger partial charge in [0.15, 0.2) is 0 Å². The van der Waals surface area contributed by atoms with Crippen LogP contribution in [0.25, 0.3) is 0 Å². The molecule has 1 aromatic heterocycles. The molecule has 2 aliphatic rings. The lowest BCUT2D eigenvalue weighted by molar-refractivity contribution is 0.0629. The van der Waals surface area contributed by atoms with E-state index in [4.69, 9.17) is 4.74 Å². The van der Waals surface area contributed by atoms with Crippen LogP contribution in [0.1, 0.15) is 21.6 Å². The molecule has 6 nitrogen and oxygen atoms in total. The van der Waals surface area contributed by atoms with E-state index in [0.29, 0.717) is 31.9 Å². The number of aliphatic hydroxyl groups is 1. The second-order valence-corrected chi connectivity index (χ2v) is 6.26. The summed E-state index contributed by atoms with van der Waals surface area (Å²) >= 11 is 0. The van der Waals surface area contributed by atoms with Crippen molar-refractivity contribution in [1.29, 1.82) is 0 Å². The number of H-pyrrole nitrogens is 1. The number of carbonyl (C=O) groups excluding carboxylic acids is 1. The van der Waals surface area contributed by atoms with Gasteiger partial charge in [-0.05, 0) is 25.5 Å². The lowest BCUT2D eigenvalue weighted by atomic mass is 9.82. The minimum atomic E-state index is -0.360. The van der Waals surface area contributed by atoms with E-state index >= 15 is 0 Å². The summed E-state index contributed by atoms with van der Waals surface area (Å²) in [5, 5.41) is 9.66. The molecule has 2 atom stereocenters. The van der Waals surface area contributed by atoms with Crippen LogP contribution in [-0.4, -0.2) is 53.8 Å². The number of ether oxygens (including phenoxy) is 1. The quantitative estimate of drug-likeness (QED) is 0.808. The van der Waals surface area contributed by atoms with Crippen LogP contribution in [0.4, 0.5) is 0 Å². The molecule has 2 saturated heterocycles. The van der Waals surface area contributed by atoms with Gasteiger partial charge in [0, 0.05) is 30.1 Å². The molecule has 1 aromatic rings. The Hall–Kier alpha value is -1.66. The SMILES string of the molecule is Cc1cc(C)c(C(=O)N2C[C@H]3COC[C@@]3(CO)C2)c(=O)[nH]1.